The molecule has 4 N–H and O–H groups in total. The van der Waals surface area contributed by atoms with E-state index in [4.69, 9.17) is 15.9 Å². The summed E-state index contributed by atoms with van der Waals surface area (Å²) in [6.45, 7) is 0.734. The van der Waals surface area contributed by atoms with Crippen molar-refractivity contribution in [2.75, 3.05) is 11.5 Å². The summed E-state index contributed by atoms with van der Waals surface area (Å²) in [5, 5.41) is 3.01. The van der Waals surface area contributed by atoms with Crippen LogP contribution in [0.25, 0.3) is 33.1 Å². The largest absolute Gasteiger partial charge is 0.456 e. The molecule has 5 aromatic rings. The molecule has 0 atom stereocenters. The molecule has 0 aliphatic rings. The maximum Gasteiger partial charge on any atom is 0.173 e. The van der Waals surface area contributed by atoms with Gasteiger partial charge in [-0.1, -0.05) is 30.3 Å². The van der Waals surface area contributed by atoms with E-state index in [1.807, 2.05) is 60.9 Å². The number of para-hydroxylation sites is 1. The van der Waals surface area contributed by atoms with Gasteiger partial charge in [0, 0.05) is 45.9 Å². The maximum absolute atomic E-state index is 6.14. The highest BCUT2D eigenvalue weighted by Crippen LogP contribution is 2.34. The molecule has 0 amide bonds. The Hall–Kier alpha value is -3.86. The van der Waals surface area contributed by atoms with Gasteiger partial charge in [0.25, 0.3) is 0 Å². The first-order valence-electron chi connectivity index (χ1n) is 9.08. The number of rotatable bonds is 3. The number of benzene rings is 2. The van der Waals surface area contributed by atoms with Gasteiger partial charge in [-0.2, -0.15) is 0 Å². The van der Waals surface area contributed by atoms with Crippen molar-refractivity contribution in [3.05, 3.63) is 84.8 Å². The van der Waals surface area contributed by atoms with E-state index in [0.717, 1.165) is 50.9 Å². The molecule has 0 aliphatic carbocycles. The van der Waals surface area contributed by atoms with Crippen molar-refractivity contribution in [2.45, 2.75) is 6.54 Å². The first kappa shape index (κ1) is 16.3. The lowest BCUT2D eigenvalue weighted by Gasteiger charge is -2.08. The number of nitrogens with zero attached hydrogens (tertiary/aromatic N) is 2. The minimum atomic E-state index is 0.515. The molecular weight excluding hydrogens is 348 g/mol. The molecule has 28 heavy (non-hydrogen) atoms. The van der Waals surface area contributed by atoms with E-state index in [1.165, 1.54) is 0 Å². The number of nitrogen functional groups attached to an aromatic ring is 2. The third-order valence-corrected chi connectivity index (χ3v) is 4.96. The van der Waals surface area contributed by atoms with Crippen molar-refractivity contribution >= 4 is 33.2 Å². The standard InChI is InChI=1S/C23H18N4O/c24-17-7-9-27(10-8-17)14-15-5-6-18-19(11-15)20(13-26-23(18)25)22-12-16-3-1-2-4-21(16)28-22/h1-13,24H,14H2,(H2,25,26)/p+1. The second-order valence-electron chi connectivity index (χ2n) is 6.89. The highest BCUT2D eigenvalue weighted by Gasteiger charge is 2.14. The molecule has 5 nitrogen and oxygen atoms in total. The Morgan fingerprint density at radius 3 is 2.54 bits per heavy atom. The molecule has 5 heteroatoms. The first-order chi connectivity index (χ1) is 13.7. The van der Waals surface area contributed by atoms with Crippen LogP contribution < -0.4 is 16.0 Å². The van der Waals surface area contributed by atoms with Crippen molar-refractivity contribution in [3.8, 4) is 11.3 Å². The Morgan fingerprint density at radius 1 is 0.893 bits per heavy atom. The maximum atomic E-state index is 6.14. The van der Waals surface area contributed by atoms with Gasteiger partial charge in [-0.25, -0.2) is 9.55 Å². The van der Waals surface area contributed by atoms with Gasteiger partial charge in [0.2, 0.25) is 0 Å². The molecule has 0 aliphatic heterocycles. The zero-order valence-electron chi connectivity index (χ0n) is 15.2. The molecule has 0 saturated heterocycles. The quantitative estimate of drug-likeness (QED) is 0.469. The van der Waals surface area contributed by atoms with Crippen LogP contribution in [0, 0.1) is 0 Å². The lowest BCUT2D eigenvalue weighted by Crippen LogP contribution is -2.33. The van der Waals surface area contributed by atoms with Gasteiger partial charge < -0.3 is 15.9 Å². The average Bonchev–Trinajstić information content (AvgIpc) is 3.14. The second kappa shape index (κ2) is 6.39. The summed E-state index contributed by atoms with van der Waals surface area (Å²) in [5.41, 5.74) is 15.6. The summed E-state index contributed by atoms with van der Waals surface area (Å²) in [6, 6.07) is 20.1. The van der Waals surface area contributed by atoms with E-state index in [9.17, 15) is 0 Å². The zero-order chi connectivity index (χ0) is 19.1. The number of hydrogen-bond acceptors (Lipinski definition) is 4. The van der Waals surface area contributed by atoms with Gasteiger partial charge in [0.15, 0.2) is 18.9 Å². The van der Waals surface area contributed by atoms with Crippen LogP contribution in [0.15, 0.2) is 83.7 Å². The molecule has 0 bridgehead atoms. The third-order valence-electron chi connectivity index (χ3n) is 4.96. The zero-order valence-corrected chi connectivity index (χ0v) is 15.2. The molecule has 5 rings (SSSR count). The molecule has 0 fully saturated rings. The van der Waals surface area contributed by atoms with Gasteiger partial charge in [0.1, 0.15) is 17.2 Å². The fourth-order valence-corrected chi connectivity index (χ4v) is 3.51. The highest BCUT2D eigenvalue weighted by molar-refractivity contribution is 6.01. The van der Waals surface area contributed by atoms with Crippen molar-refractivity contribution in [3.63, 3.8) is 0 Å². The topological polar surface area (TPSA) is 82.0 Å². The molecule has 2 aromatic carbocycles. The Labute approximate surface area is 161 Å². The van der Waals surface area contributed by atoms with Gasteiger partial charge in [-0.3, -0.25) is 0 Å². The molecule has 0 radical (unpaired) electrons. The number of anilines is 2. The molecule has 0 saturated carbocycles. The van der Waals surface area contributed by atoms with E-state index in [1.54, 1.807) is 6.20 Å². The summed E-state index contributed by atoms with van der Waals surface area (Å²) in [6.07, 6.45) is 5.73. The number of nitrogens with two attached hydrogens (primary N) is 2. The second-order valence-corrected chi connectivity index (χ2v) is 6.89. The number of aromatic nitrogens is 2. The number of hydrogen-bond donors (Lipinski definition) is 2. The average molecular weight is 367 g/mol. The Balaban J connectivity index is 1.64. The predicted molar refractivity (Wildman–Crippen MR) is 112 cm³/mol. The van der Waals surface area contributed by atoms with E-state index in [0.29, 0.717) is 5.82 Å². The molecular formula is C23H19N4O+. The van der Waals surface area contributed by atoms with Gasteiger partial charge in [-0.15, -0.1) is 0 Å². The molecule has 136 valence electrons. The highest BCUT2D eigenvalue weighted by atomic mass is 16.3. The van der Waals surface area contributed by atoms with Crippen LogP contribution in [0.2, 0.25) is 0 Å². The number of furan rings is 1. The van der Waals surface area contributed by atoms with E-state index in [2.05, 4.69) is 21.7 Å². The fourth-order valence-electron chi connectivity index (χ4n) is 3.51. The number of pyridine rings is 2. The molecule has 0 unspecified atom stereocenters. The minimum absolute atomic E-state index is 0.515. The Bertz CT molecular complexity index is 1270. The molecule has 0 spiro atoms. The van der Waals surface area contributed by atoms with Gasteiger partial charge in [0.05, 0.1) is 0 Å². The molecule has 3 heterocycles. The summed E-state index contributed by atoms with van der Waals surface area (Å²) >= 11 is 0. The first-order valence-corrected chi connectivity index (χ1v) is 9.08. The van der Waals surface area contributed by atoms with Crippen LogP contribution in [0.4, 0.5) is 11.5 Å². The summed E-state index contributed by atoms with van der Waals surface area (Å²) in [5.74, 6) is 1.30. The summed E-state index contributed by atoms with van der Waals surface area (Å²) in [4.78, 5) is 4.38. The van der Waals surface area contributed by atoms with Crippen LogP contribution in [0.3, 0.4) is 0 Å². The minimum Gasteiger partial charge on any atom is -0.456 e. The normalized spacial score (nSPS) is 11.3. The Kier molecular flexibility index (Phi) is 3.72. The van der Waals surface area contributed by atoms with E-state index in [-0.39, 0.29) is 0 Å². The Morgan fingerprint density at radius 2 is 1.71 bits per heavy atom. The van der Waals surface area contributed by atoms with E-state index >= 15 is 0 Å². The lowest BCUT2D eigenvalue weighted by atomic mass is 10.0. The monoisotopic (exact) mass is 367 g/mol. The van der Waals surface area contributed by atoms with Gasteiger partial charge in [-0.05, 0) is 23.6 Å². The van der Waals surface area contributed by atoms with Gasteiger partial charge >= 0.3 is 0 Å². The lowest BCUT2D eigenvalue weighted by molar-refractivity contribution is -0.688. The van der Waals surface area contributed by atoms with Crippen LogP contribution in [-0.4, -0.2) is 4.98 Å². The van der Waals surface area contributed by atoms with Crippen LogP contribution >= 0.6 is 0 Å². The predicted octanol–water partition coefficient (Wildman–Crippen LogP) is 4.15. The van der Waals surface area contributed by atoms with Crippen LogP contribution in [0.5, 0.6) is 0 Å². The van der Waals surface area contributed by atoms with Crippen LogP contribution in [0.1, 0.15) is 5.56 Å². The van der Waals surface area contributed by atoms with Crippen molar-refractivity contribution in [1.82, 2.24) is 4.98 Å². The summed E-state index contributed by atoms with van der Waals surface area (Å²) in [7, 11) is 0. The van der Waals surface area contributed by atoms with Crippen LogP contribution in [-0.2, 0) is 6.54 Å². The summed E-state index contributed by atoms with van der Waals surface area (Å²) < 4.78 is 8.16. The third kappa shape index (κ3) is 2.83. The SMILES string of the molecule is Nc1cc[n+](Cc2ccc3c(N)ncc(-c4cc5ccccc5o4)c3c2)cc1. The van der Waals surface area contributed by atoms with Crippen molar-refractivity contribution in [1.29, 1.82) is 0 Å². The number of fused-ring (bicyclic) bond motifs is 2. The smallest absolute Gasteiger partial charge is 0.173 e. The van der Waals surface area contributed by atoms with E-state index < -0.39 is 0 Å². The fraction of sp³-hybridized carbons (Fsp3) is 0.0435. The van der Waals surface area contributed by atoms with Crippen molar-refractivity contribution in [2.24, 2.45) is 0 Å². The van der Waals surface area contributed by atoms with Crippen molar-refractivity contribution < 1.29 is 8.98 Å². The molecule has 3 aromatic heterocycles.